The van der Waals surface area contributed by atoms with Gasteiger partial charge in [0.15, 0.2) is 0 Å². The zero-order chi connectivity index (χ0) is 15.7. The summed E-state index contributed by atoms with van der Waals surface area (Å²) in [6.07, 6.45) is 10.9. The smallest absolute Gasteiger partial charge is 0.328 e. The molecule has 0 saturated carbocycles. The Kier molecular flexibility index (Phi) is 8.40. The van der Waals surface area contributed by atoms with Crippen molar-refractivity contribution in [3.63, 3.8) is 0 Å². The molecule has 0 radical (unpaired) electrons. The van der Waals surface area contributed by atoms with Crippen LogP contribution in [0.4, 0.5) is 0 Å². The Hall–Kier alpha value is -1.06. The van der Waals surface area contributed by atoms with Gasteiger partial charge in [0, 0.05) is 12.5 Å². The number of amides is 1. The zero-order valence-electron chi connectivity index (χ0n) is 13.9. The van der Waals surface area contributed by atoms with Crippen molar-refractivity contribution in [3.05, 3.63) is 0 Å². The van der Waals surface area contributed by atoms with Crippen molar-refractivity contribution in [2.75, 3.05) is 7.11 Å². The molecule has 2 unspecified atom stereocenters. The van der Waals surface area contributed by atoms with E-state index in [1.165, 1.54) is 45.6 Å². The highest BCUT2D eigenvalue weighted by Gasteiger charge is 2.39. The molecular formula is C17H31NO3. The Balaban J connectivity index is 2.28. The number of esters is 1. The molecule has 21 heavy (non-hydrogen) atoms. The predicted octanol–water partition coefficient (Wildman–Crippen LogP) is 3.68. The third-order valence-corrected chi connectivity index (χ3v) is 4.43. The number of methoxy groups -OCH3 is 1. The maximum absolute atomic E-state index is 12.0. The van der Waals surface area contributed by atoms with Crippen molar-refractivity contribution in [2.24, 2.45) is 0 Å². The van der Waals surface area contributed by atoms with Gasteiger partial charge in [-0.05, 0) is 19.8 Å². The van der Waals surface area contributed by atoms with Crippen LogP contribution in [0.2, 0.25) is 0 Å². The summed E-state index contributed by atoms with van der Waals surface area (Å²) in [5.41, 5.74) is 0. The van der Waals surface area contributed by atoms with E-state index in [0.29, 0.717) is 12.8 Å². The highest BCUT2D eigenvalue weighted by atomic mass is 16.5. The third-order valence-electron chi connectivity index (χ3n) is 4.43. The number of rotatable bonds is 10. The molecule has 0 aliphatic carbocycles. The van der Waals surface area contributed by atoms with Gasteiger partial charge in [-0.3, -0.25) is 4.79 Å². The van der Waals surface area contributed by atoms with Crippen LogP contribution in [0.15, 0.2) is 0 Å². The molecule has 0 aromatic heterocycles. The maximum atomic E-state index is 12.0. The molecule has 4 nitrogen and oxygen atoms in total. The molecular weight excluding hydrogens is 266 g/mol. The molecule has 1 amide bonds. The van der Waals surface area contributed by atoms with Crippen molar-refractivity contribution in [1.82, 2.24) is 4.90 Å². The molecule has 0 aromatic carbocycles. The van der Waals surface area contributed by atoms with Crippen LogP contribution < -0.4 is 0 Å². The number of carbonyl (C=O) groups excluding carboxylic acids is 2. The fourth-order valence-electron chi connectivity index (χ4n) is 3.16. The summed E-state index contributed by atoms with van der Waals surface area (Å²) in [7, 11) is 1.39. The Morgan fingerprint density at radius 1 is 1.24 bits per heavy atom. The number of unbranched alkanes of at least 4 members (excludes halogenated alkanes) is 6. The van der Waals surface area contributed by atoms with E-state index in [9.17, 15) is 9.59 Å². The Morgan fingerprint density at radius 2 is 1.86 bits per heavy atom. The largest absolute Gasteiger partial charge is 0.467 e. The minimum Gasteiger partial charge on any atom is -0.467 e. The van der Waals surface area contributed by atoms with E-state index in [1.54, 1.807) is 4.90 Å². The summed E-state index contributed by atoms with van der Waals surface area (Å²) < 4.78 is 4.81. The summed E-state index contributed by atoms with van der Waals surface area (Å²) >= 11 is 0. The van der Waals surface area contributed by atoms with Gasteiger partial charge in [0.2, 0.25) is 5.91 Å². The summed E-state index contributed by atoms with van der Waals surface area (Å²) in [5, 5.41) is 0. The van der Waals surface area contributed by atoms with Crippen molar-refractivity contribution in [1.29, 1.82) is 0 Å². The van der Waals surface area contributed by atoms with E-state index in [-0.39, 0.29) is 24.0 Å². The highest BCUT2D eigenvalue weighted by Crippen LogP contribution is 2.25. The fourth-order valence-corrected chi connectivity index (χ4v) is 3.16. The first kappa shape index (κ1) is 18.0. The van der Waals surface area contributed by atoms with Crippen LogP contribution in [0, 0.1) is 0 Å². The first-order valence-electron chi connectivity index (χ1n) is 8.50. The maximum Gasteiger partial charge on any atom is 0.328 e. The number of hydrogen-bond donors (Lipinski definition) is 0. The molecule has 1 rings (SSSR count). The minimum absolute atomic E-state index is 0.0980. The van der Waals surface area contributed by atoms with Gasteiger partial charge in [-0.1, -0.05) is 51.9 Å². The number of hydrogen-bond acceptors (Lipinski definition) is 3. The van der Waals surface area contributed by atoms with Crippen LogP contribution in [-0.2, 0) is 14.3 Å². The predicted molar refractivity (Wildman–Crippen MR) is 84.0 cm³/mol. The SMILES string of the molecule is CCCCCCCCCC(C)N1C(=O)CCC1C(=O)OC. The van der Waals surface area contributed by atoms with Crippen LogP contribution in [0.1, 0.15) is 78.1 Å². The van der Waals surface area contributed by atoms with Crippen LogP contribution in [-0.4, -0.2) is 36.0 Å². The van der Waals surface area contributed by atoms with E-state index in [4.69, 9.17) is 4.74 Å². The van der Waals surface area contributed by atoms with Gasteiger partial charge in [-0.15, -0.1) is 0 Å². The van der Waals surface area contributed by atoms with E-state index in [0.717, 1.165) is 12.8 Å². The number of likely N-dealkylation sites (tertiary alicyclic amines) is 1. The molecule has 4 heteroatoms. The Morgan fingerprint density at radius 3 is 2.48 bits per heavy atom. The molecule has 0 spiro atoms. The molecule has 1 fully saturated rings. The van der Waals surface area contributed by atoms with Gasteiger partial charge < -0.3 is 9.64 Å². The standard InChI is InChI=1S/C17H31NO3/c1-4-5-6-7-8-9-10-11-14(2)18-15(17(20)21-3)12-13-16(18)19/h14-15H,4-13H2,1-3H3. The lowest BCUT2D eigenvalue weighted by Gasteiger charge is -2.29. The topological polar surface area (TPSA) is 46.6 Å². The fraction of sp³-hybridized carbons (Fsp3) is 0.882. The molecule has 1 saturated heterocycles. The monoisotopic (exact) mass is 297 g/mol. The first-order valence-corrected chi connectivity index (χ1v) is 8.50. The van der Waals surface area contributed by atoms with Crippen LogP contribution in [0.3, 0.4) is 0 Å². The second kappa shape index (κ2) is 9.80. The number of ether oxygens (including phenoxy) is 1. The number of nitrogens with zero attached hydrogens (tertiary/aromatic N) is 1. The van der Waals surface area contributed by atoms with Crippen molar-refractivity contribution < 1.29 is 14.3 Å². The molecule has 1 aliphatic heterocycles. The zero-order valence-corrected chi connectivity index (χ0v) is 13.9. The van der Waals surface area contributed by atoms with Gasteiger partial charge >= 0.3 is 5.97 Å². The van der Waals surface area contributed by atoms with Gasteiger partial charge in [-0.2, -0.15) is 0 Å². The van der Waals surface area contributed by atoms with Gasteiger partial charge in [0.25, 0.3) is 0 Å². The Bertz CT molecular complexity index is 330. The lowest BCUT2D eigenvalue weighted by Crippen LogP contribution is -2.44. The quantitative estimate of drug-likeness (QED) is 0.456. The summed E-state index contributed by atoms with van der Waals surface area (Å²) in [6, 6.07) is -0.221. The third kappa shape index (κ3) is 5.68. The summed E-state index contributed by atoms with van der Waals surface area (Å²) in [6.45, 7) is 4.28. The normalized spacial score (nSPS) is 19.9. The van der Waals surface area contributed by atoms with E-state index in [1.807, 2.05) is 0 Å². The molecule has 1 aliphatic rings. The molecule has 122 valence electrons. The average Bonchev–Trinajstić information content (AvgIpc) is 2.87. The lowest BCUT2D eigenvalue weighted by molar-refractivity contribution is -0.150. The molecule has 2 atom stereocenters. The lowest BCUT2D eigenvalue weighted by atomic mass is 10.0. The van der Waals surface area contributed by atoms with Crippen LogP contribution in [0.5, 0.6) is 0 Å². The molecule has 0 bridgehead atoms. The van der Waals surface area contributed by atoms with Gasteiger partial charge in [0.1, 0.15) is 6.04 Å². The van der Waals surface area contributed by atoms with E-state index in [2.05, 4.69) is 13.8 Å². The van der Waals surface area contributed by atoms with E-state index >= 15 is 0 Å². The minimum atomic E-state index is -0.359. The van der Waals surface area contributed by atoms with Crippen molar-refractivity contribution >= 4 is 11.9 Å². The summed E-state index contributed by atoms with van der Waals surface area (Å²) in [4.78, 5) is 25.5. The molecule has 0 aromatic rings. The first-order chi connectivity index (χ1) is 10.1. The van der Waals surface area contributed by atoms with Crippen molar-refractivity contribution in [3.8, 4) is 0 Å². The summed E-state index contributed by atoms with van der Waals surface area (Å²) in [5.74, 6) is -0.173. The van der Waals surface area contributed by atoms with Crippen molar-refractivity contribution in [2.45, 2.75) is 90.1 Å². The number of carbonyl (C=O) groups is 2. The average molecular weight is 297 g/mol. The van der Waals surface area contributed by atoms with E-state index < -0.39 is 0 Å². The second-order valence-electron chi connectivity index (χ2n) is 6.14. The van der Waals surface area contributed by atoms with Crippen LogP contribution in [0.25, 0.3) is 0 Å². The molecule has 0 N–H and O–H groups in total. The highest BCUT2D eigenvalue weighted by molar-refractivity contribution is 5.88. The second-order valence-corrected chi connectivity index (χ2v) is 6.14. The van der Waals surface area contributed by atoms with Gasteiger partial charge in [-0.25, -0.2) is 4.79 Å². The van der Waals surface area contributed by atoms with Crippen LogP contribution >= 0.6 is 0 Å². The van der Waals surface area contributed by atoms with Gasteiger partial charge in [0.05, 0.1) is 7.11 Å². The molecule has 1 heterocycles. The Labute approximate surface area is 129 Å².